The maximum atomic E-state index is 10.2. The van der Waals surface area contributed by atoms with E-state index in [1.807, 2.05) is 0 Å². The van der Waals surface area contributed by atoms with E-state index in [0.717, 1.165) is 25.7 Å². The Morgan fingerprint density at radius 2 is 2.23 bits per heavy atom. The average molecular weight is 187 g/mol. The highest BCUT2D eigenvalue weighted by Gasteiger charge is 2.19. The fraction of sp³-hybridized carbons (Fsp3) is 0.889. The maximum absolute atomic E-state index is 10.2. The Bertz CT molecular complexity index is 172. The predicted octanol–water partition coefficient (Wildman–Crippen LogP) is 0.212. The molecule has 0 aromatic carbocycles. The van der Waals surface area contributed by atoms with Crippen molar-refractivity contribution in [3.8, 4) is 0 Å². The lowest BCUT2D eigenvalue weighted by Crippen LogP contribution is -2.32. The van der Waals surface area contributed by atoms with Crippen molar-refractivity contribution in [3.05, 3.63) is 0 Å². The third-order valence-corrected chi connectivity index (χ3v) is 2.46. The molecule has 0 spiro atoms. The molecular formula is C9H17NO3. The molecule has 4 heteroatoms. The molecule has 0 aromatic rings. The molecule has 1 rings (SSSR count). The summed E-state index contributed by atoms with van der Waals surface area (Å²) in [6, 6.07) is 0. The lowest BCUT2D eigenvalue weighted by atomic mass is 9.87. The van der Waals surface area contributed by atoms with E-state index in [-0.39, 0.29) is 12.6 Å². The van der Waals surface area contributed by atoms with Crippen LogP contribution in [-0.4, -0.2) is 35.4 Å². The number of carbonyl (C=O) groups is 1. The van der Waals surface area contributed by atoms with E-state index >= 15 is 0 Å². The van der Waals surface area contributed by atoms with Crippen molar-refractivity contribution in [3.63, 3.8) is 0 Å². The van der Waals surface area contributed by atoms with Gasteiger partial charge in [-0.1, -0.05) is 6.42 Å². The lowest BCUT2D eigenvalue weighted by molar-refractivity contribution is -0.136. The molecule has 0 saturated heterocycles. The van der Waals surface area contributed by atoms with Crippen LogP contribution in [0.4, 0.5) is 0 Å². The number of carboxylic acids is 1. The second kappa shape index (κ2) is 5.19. The molecule has 1 fully saturated rings. The van der Waals surface area contributed by atoms with Crippen LogP contribution in [-0.2, 0) is 4.79 Å². The van der Waals surface area contributed by atoms with Crippen LogP contribution in [0.25, 0.3) is 0 Å². The second-order valence-corrected chi connectivity index (χ2v) is 3.71. The first-order valence-electron chi connectivity index (χ1n) is 4.79. The van der Waals surface area contributed by atoms with Gasteiger partial charge in [-0.3, -0.25) is 4.79 Å². The topological polar surface area (TPSA) is 69.6 Å². The van der Waals surface area contributed by atoms with Gasteiger partial charge in [0.05, 0.1) is 12.6 Å². The largest absolute Gasteiger partial charge is 0.480 e. The number of nitrogens with one attached hydrogen (secondary N) is 1. The predicted molar refractivity (Wildman–Crippen MR) is 48.5 cm³/mol. The van der Waals surface area contributed by atoms with Crippen molar-refractivity contribution >= 4 is 5.97 Å². The highest BCUT2D eigenvalue weighted by atomic mass is 16.4. The van der Waals surface area contributed by atoms with Gasteiger partial charge < -0.3 is 15.5 Å². The first kappa shape index (κ1) is 10.5. The molecule has 0 radical (unpaired) electrons. The van der Waals surface area contributed by atoms with Gasteiger partial charge in [-0.2, -0.15) is 0 Å². The van der Waals surface area contributed by atoms with Gasteiger partial charge in [-0.15, -0.1) is 0 Å². The van der Waals surface area contributed by atoms with Gasteiger partial charge in [0.15, 0.2) is 0 Å². The Morgan fingerprint density at radius 3 is 2.85 bits per heavy atom. The van der Waals surface area contributed by atoms with Gasteiger partial charge in [0, 0.05) is 0 Å². The summed E-state index contributed by atoms with van der Waals surface area (Å²) in [4.78, 5) is 10.2. The molecule has 3 N–H and O–H groups in total. The molecule has 2 unspecified atom stereocenters. The third-order valence-electron chi connectivity index (χ3n) is 2.46. The van der Waals surface area contributed by atoms with Crippen molar-refractivity contribution in [2.24, 2.45) is 5.92 Å². The van der Waals surface area contributed by atoms with Crippen LogP contribution in [0, 0.1) is 5.92 Å². The van der Waals surface area contributed by atoms with Crippen LogP contribution in [0.5, 0.6) is 0 Å². The molecule has 2 atom stereocenters. The van der Waals surface area contributed by atoms with E-state index in [1.54, 1.807) is 0 Å². The lowest BCUT2D eigenvalue weighted by Gasteiger charge is -2.25. The highest BCUT2D eigenvalue weighted by Crippen LogP contribution is 2.23. The quantitative estimate of drug-likeness (QED) is 0.588. The Kier molecular flexibility index (Phi) is 4.18. The Labute approximate surface area is 78.0 Å². The number of carboxylic acid groups (broad SMARTS) is 1. The molecule has 1 aliphatic carbocycles. The average Bonchev–Trinajstić information content (AvgIpc) is 2.03. The van der Waals surface area contributed by atoms with Gasteiger partial charge in [0.2, 0.25) is 0 Å². The van der Waals surface area contributed by atoms with Crippen molar-refractivity contribution in [2.75, 3.05) is 13.1 Å². The van der Waals surface area contributed by atoms with Crippen LogP contribution < -0.4 is 5.32 Å². The van der Waals surface area contributed by atoms with Crippen molar-refractivity contribution in [2.45, 2.75) is 31.8 Å². The summed E-state index contributed by atoms with van der Waals surface area (Å²) in [6.45, 7) is 0.732. The van der Waals surface area contributed by atoms with Gasteiger partial charge in [0.1, 0.15) is 0 Å². The van der Waals surface area contributed by atoms with E-state index in [0.29, 0.717) is 12.5 Å². The minimum atomic E-state index is -0.823. The molecule has 0 aromatic heterocycles. The normalized spacial score (nSPS) is 28.7. The van der Waals surface area contributed by atoms with Gasteiger partial charge in [-0.05, 0) is 31.7 Å². The molecule has 1 saturated carbocycles. The summed E-state index contributed by atoms with van der Waals surface area (Å²) in [5, 5.41) is 20.6. The number of rotatable bonds is 4. The zero-order chi connectivity index (χ0) is 9.68. The molecule has 0 amide bonds. The van der Waals surface area contributed by atoms with Gasteiger partial charge in [0.25, 0.3) is 0 Å². The van der Waals surface area contributed by atoms with Crippen molar-refractivity contribution in [1.82, 2.24) is 5.32 Å². The van der Waals surface area contributed by atoms with E-state index in [2.05, 4.69) is 5.32 Å². The molecular weight excluding hydrogens is 170 g/mol. The fourth-order valence-electron chi connectivity index (χ4n) is 1.83. The summed E-state index contributed by atoms with van der Waals surface area (Å²) >= 11 is 0. The zero-order valence-corrected chi connectivity index (χ0v) is 7.70. The van der Waals surface area contributed by atoms with Crippen LogP contribution in [0.2, 0.25) is 0 Å². The highest BCUT2D eigenvalue weighted by molar-refractivity contribution is 5.68. The number of aliphatic hydroxyl groups is 1. The van der Waals surface area contributed by atoms with Crippen LogP contribution in [0.1, 0.15) is 25.7 Å². The van der Waals surface area contributed by atoms with E-state index in [1.165, 1.54) is 0 Å². The monoisotopic (exact) mass is 187 g/mol. The van der Waals surface area contributed by atoms with Crippen LogP contribution in [0.15, 0.2) is 0 Å². The summed E-state index contributed by atoms with van der Waals surface area (Å²) in [5.74, 6) is -0.376. The molecule has 4 nitrogen and oxygen atoms in total. The fourth-order valence-corrected chi connectivity index (χ4v) is 1.83. The smallest absolute Gasteiger partial charge is 0.317 e. The third kappa shape index (κ3) is 4.24. The minimum absolute atomic E-state index is 0.0204. The number of hydrogen-bond donors (Lipinski definition) is 3. The first-order chi connectivity index (χ1) is 6.18. The zero-order valence-electron chi connectivity index (χ0n) is 7.70. The number of hydrogen-bond acceptors (Lipinski definition) is 3. The molecule has 13 heavy (non-hydrogen) atoms. The van der Waals surface area contributed by atoms with Gasteiger partial charge in [-0.25, -0.2) is 0 Å². The van der Waals surface area contributed by atoms with Crippen molar-refractivity contribution in [1.29, 1.82) is 0 Å². The minimum Gasteiger partial charge on any atom is -0.480 e. The first-order valence-corrected chi connectivity index (χ1v) is 4.79. The Balaban J connectivity index is 2.10. The summed E-state index contributed by atoms with van der Waals surface area (Å²) in [5.41, 5.74) is 0. The number of aliphatic hydroxyl groups excluding tert-OH is 1. The standard InChI is InChI=1S/C9H17NO3/c11-8-3-1-2-7(4-8)5-10-6-9(12)13/h7-8,10-11H,1-6H2,(H,12,13). The summed E-state index contributed by atoms with van der Waals surface area (Å²) in [7, 11) is 0. The van der Waals surface area contributed by atoms with Gasteiger partial charge >= 0.3 is 5.97 Å². The molecule has 76 valence electrons. The summed E-state index contributed by atoms with van der Waals surface area (Å²) < 4.78 is 0. The van der Waals surface area contributed by atoms with Crippen LogP contribution >= 0.6 is 0 Å². The van der Waals surface area contributed by atoms with E-state index in [9.17, 15) is 9.90 Å². The number of aliphatic carboxylic acids is 1. The molecule has 1 aliphatic rings. The molecule has 0 bridgehead atoms. The second-order valence-electron chi connectivity index (χ2n) is 3.71. The molecule has 0 aliphatic heterocycles. The van der Waals surface area contributed by atoms with Crippen LogP contribution in [0.3, 0.4) is 0 Å². The Hall–Kier alpha value is -0.610. The maximum Gasteiger partial charge on any atom is 0.317 e. The SMILES string of the molecule is O=C(O)CNCC1CCCC(O)C1. The van der Waals surface area contributed by atoms with E-state index in [4.69, 9.17) is 5.11 Å². The molecule has 0 heterocycles. The Morgan fingerprint density at radius 1 is 1.46 bits per heavy atom. The summed E-state index contributed by atoms with van der Waals surface area (Å²) in [6.07, 6.45) is 3.69. The van der Waals surface area contributed by atoms with Crippen molar-refractivity contribution < 1.29 is 15.0 Å². The van der Waals surface area contributed by atoms with E-state index < -0.39 is 5.97 Å².